The maximum absolute atomic E-state index is 13.8. The summed E-state index contributed by atoms with van der Waals surface area (Å²) in [6.45, 7) is 0. The van der Waals surface area contributed by atoms with E-state index in [0.29, 0.717) is 39.9 Å². The molecule has 2 aromatic rings. The van der Waals surface area contributed by atoms with Gasteiger partial charge < -0.3 is 33.7 Å². The third-order valence-electron chi connectivity index (χ3n) is 7.97. The van der Waals surface area contributed by atoms with Crippen molar-refractivity contribution < 1.29 is 33.6 Å². The largest absolute Gasteiger partial charge is 0.507 e. The van der Waals surface area contributed by atoms with E-state index in [-0.39, 0.29) is 23.5 Å². The summed E-state index contributed by atoms with van der Waals surface area (Å²) in [4.78, 5) is 15.5. The summed E-state index contributed by atoms with van der Waals surface area (Å²) < 4.78 is 28.7. The molecule has 0 unspecified atom stereocenters. The van der Waals surface area contributed by atoms with E-state index in [1.54, 1.807) is 51.5 Å². The number of rotatable bonds is 6. The Morgan fingerprint density at radius 3 is 2.49 bits per heavy atom. The first-order valence-corrected chi connectivity index (χ1v) is 12.5. The summed E-state index contributed by atoms with van der Waals surface area (Å²) in [6, 6.07) is 9.31. The predicted molar refractivity (Wildman–Crippen MR) is 139 cm³/mol. The first-order valence-electron chi connectivity index (χ1n) is 12.5. The Morgan fingerprint density at radius 1 is 1.03 bits per heavy atom. The molecular formula is C29H33NO7. The SMILES string of the molecule is COc1cccc2c1O[C@@]13CCCC[C@@H]1[C@H]2/C(=C(O)\C=C\c1ccc(OC)c(OC)c1OC)C(=O)N3C. The number of methoxy groups -OCH3 is 4. The summed E-state index contributed by atoms with van der Waals surface area (Å²) in [5.41, 5.74) is 1.13. The van der Waals surface area contributed by atoms with Crippen LogP contribution in [-0.2, 0) is 4.79 Å². The Labute approximate surface area is 217 Å². The first kappa shape index (κ1) is 24.9. The highest BCUT2D eigenvalue weighted by Crippen LogP contribution is 2.60. The van der Waals surface area contributed by atoms with Crippen molar-refractivity contribution in [3.63, 3.8) is 0 Å². The fourth-order valence-corrected chi connectivity index (χ4v) is 6.26. The average Bonchev–Trinajstić information content (AvgIpc) is 2.93. The van der Waals surface area contributed by atoms with Crippen LogP contribution in [0, 0.1) is 5.92 Å². The topological polar surface area (TPSA) is 86.7 Å². The zero-order valence-corrected chi connectivity index (χ0v) is 21.9. The molecule has 0 radical (unpaired) electrons. The number of likely N-dealkylation sites (tertiary alicyclic amines) is 1. The molecule has 1 amide bonds. The molecular weight excluding hydrogens is 474 g/mol. The molecule has 1 N–H and O–H groups in total. The number of fused-ring (bicyclic) bond motifs is 2. The van der Waals surface area contributed by atoms with Gasteiger partial charge in [0.25, 0.3) is 5.91 Å². The number of benzene rings is 2. The highest BCUT2D eigenvalue weighted by molar-refractivity contribution is 5.98. The quantitative estimate of drug-likeness (QED) is 0.431. The number of allylic oxidation sites excluding steroid dienone is 1. The Balaban J connectivity index is 1.66. The monoisotopic (exact) mass is 507 g/mol. The van der Waals surface area contributed by atoms with Gasteiger partial charge in [0.1, 0.15) is 5.76 Å². The van der Waals surface area contributed by atoms with Crippen LogP contribution in [0.25, 0.3) is 6.08 Å². The van der Waals surface area contributed by atoms with Crippen molar-refractivity contribution in [2.45, 2.75) is 37.3 Å². The maximum atomic E-state index is 13.8. The number of ether oxygens (including phenoxy) is 5. The zero-order chi connectivity index (χ0) is 26.3. The molecule has 2 aliphatic heterocycles. The van der Waals surface area contributed by atoms with Gasteiger partial charge in [-0.2, -0.15) is 0 Å². The van der Waals surface area contributed by atoms with Crippen LogP contribution >= 0.6 is 0 Å². The smallest absolute Gasteiger partial charge is 0.256 e. The van der Waals surface area contributed by atoms with Gasteiger partial charge in [-0.15, -0.1) is 0 Å². The molecule has 2 fully saturated rings. The number of piperidine rings is 1. The summed E-state index contributed by atoms with van der Waals surface area (Å²) in [5, 5.41) is 11.4. The molecule has 3 atom stereocenters. The van der Waals surface area contributed by atoms with E-state index < -0.39 is 5.72 Å². The highest BCUT2D eigenvalue weighted by Gasteiger charge is 2.61. The number of nitrogens with zero attached hydrogens (tertiary/aromatic N) is 1. The van der Waals surface area contributed by atoms with E-state index in [0.717, 1.165) is 31.2 Å². The second-order valence-corrected chi connectivity index (χ2v) is 9.58. The number of amides is 1. The Hall–Kier alpha value is -3.81. The molecule has 1 saturated carbocycles. The second kappa shape index (κ2) is 9.57. The third-order valence-corrected chi connectivity index (χ3v) is 7.97. The number of aliphatic hydroxyl groups is 1. The van der Waals surface area contributed by atoms with Crippen molar-refractivity contribution in [3.05, 3.63) is 58.9 Å². The standard InChI is InChI=1S/C29H33NO7/c1-30-28(32)24(20(31)14-12-17-13-15-22(34-3)27(36-5)25(17)35-4)23-18-9-8-11-21(33-2)26(18)37-29(30)16-7-6-10-19(23)29/h8-9,11-15,19,23,31H,6-7,10,16H2,1-5H3/b14-12+,24-20-/t19-,23+,29+/m1/s1. The summed E-state index contributed by atoms with van der Waals surface area (Å²) in [6.07, 6.45) is 6.90. The molecule has 1 aliphatic carbocycles. The molecule has 1 saturated heterocycles. The van der Waals surface area contributed by atoms with Gasteiger partial charge in [0.15, 0.2) is 28.7 Å². The minimum Gasteiger partial charge on any atom is -0.507 e. The van der Waals surface area contributed by atoms with Crippen LogP contribution in [0.3, 0.4) is 0 Å². The number of carbonyl (C=O) groups is 1. The lowest BCUT2D eigenvalue weighted by Crippen LogP contribution is -2.67. The number of hydrogen-bond donors (Lipinski definition) is 1. The van der Waals surface area contributed by atoms with Gasteiger partial charge in [-0.25, -0.2) is 0 Å². The average molecular weight is 508 g/mol. The molecule has 2 bridgehead atoms. The van der Waals surface area contributed by atoms with Crippen molar-refractivity contribution in [1.29, 1.82) is 0 Å². The van der Waals surface area contributed by atoms with E-state index in [2.05, 4.69) is 0 Å². The third kappa shape index (κ3) is 3.69. The van der Waals surface area contributed by atoms with E-state index >= 15 is 0 Å². The van der Waals surface area contributed by atoms with E-state index in [1.807, 2.05) is 24.3 Å². The molecule has 0 spiro atoms. The van der Waals surface area contributed by atoms with Crippen molar-refractivity contribution >= 4 is 12.0 Å². The summed E-state index contributed by atoms with van der Waals surface area (Å²) in [7, 11) is 8.02. The second-order valence-electron chi connectivity index (χ2n) is 9.58. The molecule has 0 aromatic heterocycles. The molecule has 8 heteroatoms. The van der Waals surface area contributed by atoms with Crippen molar-refractivity contribution in [3.8, 4) is 28.7 Å². The van der Waals surface area contributed by atoms with Gasteiger partial charge in [0.05, 0.1) is 34.0 Å². The van der Waals surface area contributed by atoms with Gasteiger partial charge in [-0.1, -0.05) is 18.6 Å². The van der Waals surface area contributed by atoms with Crippen molar-refractivity contribution in [1.82, 2.24) is 4.90 Å². The molecule has 3 aliphatic rings. The summed E-state index contributed by atoms with van der Waals surface area (Å²) >= 11 is 0. The van der Waals surface area contributed by atoms with Crippen LogP contribution in [0.15, 0.2) is 47.7 Å². The number of aliphatic hydroxyl groups excluding tert-OH is 1. The normalized spacial score (nSPS) is 25.6. The van der Waals surface area contributed by atoms with E-state index in [9.17, 15) is 9.90 Å². The van der Waals surface area contributed by atoms with Crippen LogP contribution in [-0.4, -0.2) is 57.1 Å². The van der Waals surface area contributed by atoms with Crippen LogP contribution in [0.4, 0.5) is 0 Å². The Morgan fingerprint density at radius 2 is 1.78 bits per heavy atom. The number of carbonyl (C=O) groups excluding carboxylic acids is 1. The predicted octanol–water partition coefficient (Wildman–Crippen LogP) is 5.08. The molecule has 2 heterocycles. The fourth-order valence-electron chi connectivity index (χ4n) is 6.26. The fraction of sp³-hybridized carbons (Fsp3) is 0.414. The van der Waals surface area contributed by atoms with Gasteiger partial charge in [-0.05, 0) is 43.2 Å². The van der Waals surface area contributed by atoms with Gasteiger partial charge in [0.2, 0.25) is 5.75 Å². The van der Waals surface area contributed by atoms with Crippen LogP contribution in [0.5, 0.6) is 28.7 Å². The Kier molecular flexibility index (Phi) is 6.43. The molecule has 37 heavy (non-hydrogen) atoms. The molecule has 196 valence electrons. The Bertz CT molecular complexity index is 1280. The highest BCUT2D eigenvalue weighted by atomic mass is 16.5. The number of likely N-dealkylation sites (N-methyl/N-ethyl adjacent to an activating group) is 1. The van der Waals surface area contributed by atoms with Crippen molar-refractivity contribution in [2.24, 2.45) is 5.92 Å². The van der Waals surface area contributed by atoms with Crippen molar-refractivity contribution in [2.75, 3.05) is 35.5 Å². The maximum Gasteiger partial charge on any atom is 0.256 e. The van der Waals surface area contributed by atoms with E-state index in [4.69, 9.17) is 23.7 Å². The molecule has 2 aromatic carbocycles. The lowest BCUT2D eigenvalue weighted by atomic mass is 9.63. The summed E-state index contributed by atoms with van der Waals surface area (Å²) in [5.74, 6) is 2.09. The lowest BCUT2D eigenvalue weighted by molar-refractivity contribution is -0.183. The van der Waals surface area contributed by atoms with Gasteiger partial charge in [0, 0.05) is 36.4 Å². The minimum absolute atomic E-state index is 0.0183. The molecule has 5 rings (SSSR count). The van der Waals surface area contributed by atoms with E-state index in [1.165, 1.54) is 7.11 Å². The lowest BCUT2D eigenvalue weighted by Gasteiger charge is -2.58. The minimum atomic E-state index is -0.762. The zero-order valence-electron chi connectivity index (χ0n) is 21.9. The number of hydrogen-bond acceptors (Lipinski definition) is 7. The first-order chi connectivity index (χ1) is 17.9. The van der Waals surface area contributed by atoms with Crippen LogP contribution in [0.1, 0.15) is 42.7 Å². The van der Waals surface area contributed by atoms with Crippen LogP contribution in [0.2, 0.25) is 0 Å². The van der Waals surface area contributed by atoms with Crippen LogP contribution < -0.4 is 23.7 Å². The van der Waals surface area contributed by atoms with Gasteiger partial charge in [-0.3, -0.25) is 4.79 Å². The number of para-hydroxylation sites is 1. The molecule has 8 nitrogen and oxygen atoms in total. The van der Waals surface area contributed by atoms with Gasteiger partial charge >= 0.3 is 0 Å².